The van der Waals surface area contributed by atoms with E-state index in [1.54, 1.807) is 13.0 Å². The molecular weight excluding hydrogens is 408 g/mol. The number of ketones is 1. The zero-order valence-corrected chi connectivity index (χ0v) is 18.0. The summed E-state index contributed by atoms with van der Waals surface area (Å²) in [5, 5.41) is 20.5. The van der Waals surface area contributed by atoms with Crippen molar-refractivity contribution in [3.63, 3.8) is 0 Å². The maximum Gasteiger partial charge on any atom is 0.336 e. The maximum atomic E-state index is 12.8. The fourth-order valence-electron chi connectivity index (χ4n) is 3.73. The number of carbonyl (C=O) groups excluding carboxylic acids is 4. The number of fused-ring (bicyclic) bond motifs is 1. The van der Waals surface area contributed by atoms with Crippen molar-refractivity contribution in [2.45, 2.75) is 58.0 Å². The molecule has 9 nitrogen and oxygen atoms in total. The lowest BCUT2D eigenvalue weighted by Crippen LogP contribution is -2.58. The van der Waals surface area contributed by atoms with Crippen molar-refractivity contribution in [1.29, 1.82) is 0 Å². The Morgan fingerprint density at radius 3 is 2.55 bits per heavy atom. The molecule has 31 heavy (non-hydrogen) atoms. The van der Waals surface area contributed by atoms with Crippen LogP contribution < -0.4 is 0 Å². The molecule has 1 aliphatic heterocycles. The van der Waals surface area contributed by atoms with E-state index in [0.717, 1.165) is 19.9 Å². The average molecular weight is 436 g/mol. The molecule has 1 saturated heterocycles. The van der Waals surface area contributed by atoms with E-state index in [1.807, 2.05) is 0 Å². The van der Waals surface area contributed by atoms with Gasteiger partial charge in [-0.3, -0.25) is 9.59 Å². The van der Waals surface area contributed by atoms with Gasteiger partial charge in [-0.2, -0.15) is 0 Å². The zero-order chi connectivity index (χ0) is 23.5. The molecule has 0 saturated carbocycles. The Balaban J connectivity index is 2.68. The quantitative estimate of drug-likeness (QED) is 0.372. The molecule has 1 aliphatic carbocycles. The second-order valence-corrected chi connectivity index (χ2v) is 7.95. The largest absolute Gasteiger partial charge is 0.458 e. The SMILES string of the molecule is C=C1C(=O)OC2CC(C)C=CC(=O)C(C)(O)C(OC(C)=O)C(OC(=O)C(=CC)CO)C12. The molecule has 0 radical (unpaired) electrons. The first-order chi connectivity index (χ1) is 14.4. The van der Waals surface area contributed by atoms with Crippen molar-refractivity contribution in [3.05, 3.63) is 36.0 Å². The van der Waals surface area contributed by atoms with Gasteiger partial charge in [-0.1, -0.05) is 25.7 Å². The summed E-state index contributed by atoms with van der Waals surface area (Å²) in [6, 6.07) is 0. The van der Waals surface area contributed by atoms with Crippen LogP contribution in [0.25, 0.3) is 0 Å². The summed E-state index contributed by atoms with van der Waals surface area (Å²) in [5.41, 5.74) is -2.42. The highest BCUT2D eigenvalue weighted by molar-refractivity contribution is 5.98. The molecule has 0 aromatic heterocycles. The third-order valence-electron chi connectivity index (χ3n) is 5.53. The van der Waals surface area contributed by atoms with E-state index in [-0.39, 0.29) is 23.5 Å². The van der Waals surface area contributed by atoms with Crippen LogP contribution in [0.3, 0.4) is 0 Å². The summed E-state index contributed by atoms with van der Waals surface area (Å²) in [6.07, 6.45) is 0.372. The Labute approximate surface area is 180 Å². The van der Waals surface area contributed by atoms with Gasteiger partial charge in [0, 0.05) is 12.5 Å². The van der Waals surface area contributed by atoms with Crippen LogP contribution in [-0.4, -0.2) is 64.4 Å². The molecule has 170 valence electrons. The molecule has 0 spiro atoms. The van der Waals surface area contributed by atoms with Gasteiger partial charge < -0.3 is 24.4 Å². The number of rotatable bonds is 4. The molecule has 9 heteroatoms. The van der Waals surface area contributed by atoms with Gasteiger partial charge in [0.1, 0.15) is 6.10 Å². The van der Waals surface area contributed by atoms with Gasteiger partial charge in [0.05, 0.1) is 18.1 Å². The predicted octanol–water partition coefficient (Wildman–Crippen LogP) is 0.782. The molecule has 1 fully saturated rings. The fraction of sp³-hybridized carbons (Fsp3) is 0.545. The highest BCUT2D eigenvalue weighted by Gasteiger charge is 2.56. The molecule has 0 aromatic rings. The first kappa shape index (κ1) is 24.5. The Morgan fingerprint density at radius 2 is 2.00 bits per heavy atom. The Bertz CT molecular complexity index is 836. The summed E-state index contributed by atoms with van der Waals surface area (Å²) in [6.45, 7) is 8.63. The van der Waals surface area contributed by atoms with Crippen LogP contribution in [0.5, 0.6) is 0 Å². The van der Waals surface area contributed by atoms with Crippen molar-refractivity contribution >= 4 is 23.7 Å². The van der Waals surface area contributed by atoms with E-state index in [1.165, 1.54) is 13.0 Å². The third-order valence-corrected chi connectivity index (χ3v) is 5.53. The molecule has 2 aliphatic rings. The minimum absolute atomic E-state index is 0.0361. The van der Waals surface area contributed by atoms with E-state index in [0.29, 0.717) is 0 Å². The first-order valence-corrected chi connectivity index (χ1v) is 9.93. The van der Waals surface area contributed by atoms with E-state index in [2.05, 4.69) is 6.58 Å². The van der Waals surface area contributed by atoms with Crippen molar-refractivity contribution in [1.82, 2.24) is 0 Å². The number of hydrogen-bond acceptors (Lipinski definition) is 9. The summed E-state index contributed by atoms with van der Waals surface area (Å²) in [5.74, 6) is -4.50. The third kappa shape index (κ3) is 5.11. The molecule has 0 aromatic carbocycles. The summed E-state index contributed by atoms with van der Waals surface area (Å²) < 4.78 is 16.3. The lowest BCUT2D eigenvalue weighted by atomic mass is 9.77. The molecule has 2 rings (SSSR count). The second-order valence-electron chi connectivity index (χ2n) is 7.95. The van der Waals surface area contributed by atoms with Crippen LogP contribution in [-0.2, 0) is 33.4 Å². The number of ether oxygens (including phenoxy) is 3. The van der Waals surface area contributed by atoms with Crippen LogP contribution in [0.4, 0.5) is 0 Å². The van der Waals surface area contributed by atoms with Crippen LogP contribution in [0.1, 0.15) is 34.1 Å². The van der Waals surface area contributed by atoms with Gasteiger partial charge in [-0.05, 0) is 32.3 Å². The van der Waals surface area contributed by atoms with Crippen LogP contribution >= 0.6 is 0 Å². The summed E-state index contributed by atoms with van der Waals surface area (Å²) in [7, 11) is 0. The van der Waals surface area contributed by atoms with Gasteiger partial charge in [-0.25, -0.2) is 9.59 Å². The van der Waals surface area contributed by atoms with Gasteiger partial charge in [0.2, 0.25) is 0 Å². The van der Waals surface area contributed by atoms with Gasteiger partial charge in [-0.15, -0.1) is 0 Å². The maximum absolute atomic E-state index is 12.8. The monoisotopic (exact) mass is 436 g/mol. The smallest absolute Gasteiger partial charge is 0.336 e. The van der Waals surface area contributed by atoms with Crippen LogP contribution in [0, 0.1) is 11.8 Å². The standard InChI is InChI=1S/C22H28O9/c1-6-14(10-23)21(27)31-18-17-12(3)20(26)30-15(17)9-11(2)7-8-16(25)22(5,28)19(18)29-13(4)24/h6-8,11,15,17-19,23,28H,3,9-10H2,1-2,4-5H3. The van der Waals surface area contributed by atoms with Gasteiger partial charge in [0.25, 0.3) is 0 Å². The topological polar surface area (TPSA) is 136 Å². The Morgan fingerprint density at radius 1 is 1.35 bits per heavy atom. The number of aliphatic hydroxyl groups is 2. The normalized spacial score (nSPS) is 34.1. The Kier molecular flexibility index (Phi) is 7.56. The molecule has 6 atom stereocenters. The minimum atomic E-state index is -2.30. The highest BCUT2D eigenvalue weighted by Crippen LogP contribution is 2.40. The van der Waals surface area contributed by atoms with Gasteiger partial charge >= 0.3 is 17.9 Å². The number of allylic oxidation sites excluding steroid dienone is 2. The second kappa shape index (κ2) is 9.57. The predicted molar refractivity (Wildman–Crippen MR) is 107 cm³/mol. The molecule has 2 N–H and O–H groups in total. The van der Waals surface area contributed by atoms with Crippen LogP contribution in [0.2, 0.25) is 0 Å². The van der Waals surface area contributed by atoms with E-state index in [9.17, 15) is 29.4 Å². The van der Waals surface area contributed by atoms with Crippen LogP contribution in [0.15, 0.2) is 36.0 Å². The van der Waals surface area contributed by atoms with Crippen molar-refractivity contribution in [2.75, 3.05) is 6.61 Å². The molecule has 6 unspecified atom stereocenters. The zero-order valence-electron chi connectivity index (χ0n) is 18.0. The molecule has 0 amide bonds. The lowest BCUT2D eigenvalue weighted by molar-refractivity contribution is -0.194. The van der Waals surface area contributed by atoms with Crippen molar-refractivity contribution in [2.24, 2.45) is 11.8 Å². The number of carbonyl (C=O) groups is 4. The molecular formula is C22H28O9. The molecule has 0 bridgehead atoms. The average Bonchev–Trinajstić information content (AvgIpc) is 2.95. The number of aliphatic hydroxyl groups excluding tert-OH is 1. The number of esters is 3. The lowest BCUT2D eigenvalue weighted by Gasteiger charge is -2.39. The fourth-order valence-corrected chi connectivity index (χ4v) is 3.73. The van der Waals surface area contributed by atoms with Crippen molar-refractivity contribution in [3.8, 4) is 0 Å². The number of hydrogen-bond donors (Lipinski definition) is 2. The summed E-state index contributed by atoms with van der Waals surface area (Å²) >= 11 is 0. The highest BCUT2D eigenvalue weighted by atomic mass is 16.6. The van der Waals surface area contributed by atoms with Crippen molar-refractivity contribution < 1.29 is 43.6 Å². The van der Waals surface area contributed by atoms with E-state index in [4.69, 9.17) is 14.2 Å². The van der Waals surface area contributed by atoms with Gasteiger partial charge in [0.15, 0.2) is 23.6 Å². The van der Waals surface area contributed by atoms with E-state index < -0.39 is 60.1 Å². The summed E-state index contributed by atoms with van der Waals surface area (Å²) in [4.78, 5) is 49.6. The van der Waals surface area contributed by atoms with E-state index >= 15 is 0 Å². The molecule has 1 heterocycles. The first-order valence-electron chi connectivity index (χ1n) is 9.93. The Hall–Kier alpha value is -2.78. The minimum Gasteiger partial charge on any atom is -0.458 e.